The molecule has 2 amide bonds. The van der Waals surface area contributed by atoms with Gasteiger partial charge in [0.1, 0.15) is 0 Å². The number of halogens is 1. The van der Waals surface area contributed by atoms with E-state index in [1.165, 1.54) is 0 Å². The van der Waals surface area contributed by atoms with E-state index in [9.17, 15) is 14.7 Å². The molecule has 0 atom stereocenters. The molecule has 0 radical (unpaired) electrons. The largest absolute Gasteiger partial charge is 0.395 e. The number of carbonyl (C=O) groups excluding carboxylic acids is 2. The van der Waals surface area contributed by atoms with Gasteiger partial charge in [-0.1, -0.05) is 23.7 Å². The molecule has 1 aromatic heterocycles. The van der Waals surface area contributed by atoms with Crippen molar-refractivity contribution in [3.63, 3.8) is 0 Å². The molecule has 0 bridgehead atoms. The molecule has 7 nitrogen and oxygen atoms in total. The number of aromatic nitrogens is 2. The van der Waals surface area contributed by atoms with Gasteiger partial charge in [-0.15, -0.1) is 0 Å². The Morgan fingerprint density at radius 1 is 1.24 bits per heavy atom. The van der Waals surface area contributed by atoms with E-state index in [0.29, 0.717) is 16.3 Å². The zero-order chi connectivity index (χ0) is 21.2. The van der Waals surface area contributed by atoms with Crippen molar-refractivity contribution in [2.24, 2.45) is 12.5 Å². The standard InChI is InChI=1S/C21H23ClN4O3/c1-21(2,12-27)20(29)23-10-13-7-8-16(22)14(9-13)19(28)25-17-5-4-6-18-15(17)11-24-26(18)3/h4-9,11,27H,10,12H2,1-3H3,(H,23,29)(H,25,28). The zero-order valence-corrected chi connectivity index (χ0v) is 17.2. The first-order valence-electron chi connectivity index (χ1n) is 9.12. The molecule has 152 valence electrons. The van der Waals surface area contributed by atoms with E-state index >= 15 is 0 Å². The minimum absolute atomic E-state index is 0.220. The van der Waals surface area contributed by atoms with Crippen LogP contribution in [-0.4, -0.2) is 33.3 Å². The Morgan fingerprint density at radius 3 is 2.72 bits per heavy atom. The van der Waals surface area contributed by atoms with Gasteiger partial charge in [0.25, 0.3) is 5.91 Å². The minimum atomic E-state index is -0.880. The van der Waals surface area contributed by atoms with Gasteiger partial charge in [-0.3, -0.25) is 14.3 Å². The third-order valence-electron chi connectivity index (χ3n) is 4.78. The van der Waals surface area contributed by atoms with Gasteiger partial charge < -0.3 is 15.7 Å². The molecule has 0 aliphatic rings. The van der Waals surface area contributed by atoms with Crippen molar-refractivity contribution in [2.75, 3.05) is 11.9 Å². The number of benzene rings is 2. The van der Waals surface area contributed by atoms with E-state index in [1.54, 1.807) is 49.0 Å². The van der Waals surface area contributed by atoms with E-state index in [1.807, 2.05) is 19.2 Å². The molecule has 8 heteroatoms. The van der Waals surface area contributed by atoms with Gasteiger partial charge >= 0.3 is 0 Å². The number of nitrogens with one attached hydrogen (secondary N) is 2. The Bertz CT molecular complexity index is 1070. The number of aliphatic hydroxyl groups excluding tert-OH is 1. The fourth-order valence-corrected chi connectivity index (χ4v) is 3.03. The molecule has 0 saturated carbocycles. The molecule has 29 heavy (non-hydrogen) atoms. The van der Waals surface area contributed by atoms with E-state index in [-0.39, 0.29) is 25.0 Å². The van der Waals surface area contributed by atoms with Gasteiger partial charge in [0, 0.05) is 19.0 Å². The first-order chi connectivity index (χ1) is 13.7. The van der Waals surface area contributed by atoms with Gasteiger partial charge in [0.05, 0.1) is 40.0 Å². The number of anilines is 1. The molecule has 0 fully saturated rings. The number of fused-ring (bicyclic) bond motifs is 1. The van der Waals surface area contributed by atoms with Crippen LogP contribution in [0.4, 0.5) is 5.69 Å². The quantitative estimate of drug-likeness (QED) is 0.577. The van der Waals surface area contributed by atoms with Crippen molar-refractivity contribution in [3.8, 4) is 0 Å². The molecule has 0 aliphatic carbocycles. The molecular weight excluding hydrogens is 392 g/mol. The van der Waals surface area contributed by atoms with Crippen LogP contribution < -0.4 is 10.6 Å². The lowest BCUT2D eigenvalue weighted by atomic mass is 9.93. The molecule has 2 aromatic carbocycles. The fourth-order valence-electron chi connectivity index (χ4n) is 2.83. The van der Waals surface area contributed by atoms with Gasteiger partial charge in [-0.05, 0) is 43.7 Å². The predicted octanol–water partition coefficient (Wildman–Crippen LogP) is 3.11. The summed E-state index contributed by atoms with van der Waals surface area (Å²) in [7, 11) is 1.83. The first kappa shape index (κ1) is 20.8. The molecule has 0 saturated heterocycles. The van der Waals surface area contributed by atoms with Crippen LogP contribution in [0.25, 0.3) is 10.9 Å². The SMILES string of the molecule is Cn1ncc2c(NC(=O)c3cc(CNC(=O)C(C)(C)CO)ccc3Cl)cccc21. The summed E-state index contributed by atoms with van der Waals surface area (Å²) < 4.78 is 1.73. The number of hydrogen-bond acceptors (Lipinski definition) is 4. The molecule has 3 N–H and O–H groups in total. The lowest BCUT2D eigenvalue weighted by Crippen LogP contribution is -2.38. The predicted molar refractivity (Wildman–Crippen MR) is 113 cm³/mol. The van der Waals surface area contributed by atoms with Crippen LogP contribution in [0, 0.1) is 5.41 Å². The van der Waals surface area contributed by atoms with Crippen LogP contribution in [0.3, 0.4) is 0 Å². The third kappa shape index (κ3) is 4.41. The van der Waals surface area contributed by atoms with E-state index in [4.69, 9.17) is 11.6 Å². The van der Waals surface area contributed by atoms with Gasteiger partial charge in [-0.2, -0.15) is 5.10 Å². The summed E-state index contributed by atoms with van der Waals surface area (Å²) in [6, 6.07) is 10.6. The molecule has 0 aliphatic heterocycles. The number of rotatable bonds is 6. The first-order valence-corrected chi connectivity index (χ1v) is 9.50. The molecule has 1 heterocycles. The summed E-state index contributed by atoms with van der Waals surface area (Å²) in [4.78, 5) is 25.0. The number of aryl methyl sites for hydroxylation is 1. The Hall–Kier alpha value is -2.90. The van der Waals surface area contributed by atoms with Crippen molar-refractivity contribution in [1.82, 2.24) is 15.1 Å². The van der Waals surface area contributed by atoms with Crippen molar-refractivity contribution in [1.29, 1.82) is 0 Å². The maximum atomic E-state index is 12.8. The highest BCUT2D eigenvalue weighted by Crippen LogP contribution is 2.25. The molecule has 3 rings (SSSR count). The number of hydrogen-bond donors (Lipinski definition) is 3. The summed E-state index contributed by atoms with van der Waals surface area (Å²) >= 11 is 6.24. The van der Waals surface area contributed by atoms with Crippen LogP contribution in [0.2, 0.25) is 5.02 Å². The highest BCUT2D eigenvalue weighted by Gasteiger charge is 2.26. The second kappa shape index (κ2) is 8.23. The Labute approximate surface area is 173 Å². The van der Waals surface area contributed by atoms with Crippen molar-refractivity contribution < 1.29 is 14.7 Å². The average molecular weight is 415 g/mol. The molecule has 0 unspecified atom stereocenters. The molecular formula is C21H23ClN4O3. The summed E-state index contributed by atoms with van der Waals surface area (Å²) in [5.74, 6) is -0.626. The van der Waals surface area contributed by atoms with Gasteiger partial charge in [0.15, 0.2) is 0 Å². The lowest BCUT2D eigenvalue weighted by Gasteiger charge is -2.20. The number of carbonyl (C=O) groups is 2. The summed E-state index contributed by atoms with van der Waals surface area (Å²) in [6.45, 7) is 3.27. The van der Waals surface area contributed by atoms with Crippen LogP contribution >= 0.6 is 11.6 Å². The topological polar surface area (TPSA) is 96.3 Å². The van der Waals surface area contributed by atoms with E-state index in [0.717, 1.165) is 16.5 Å². The zero-order valence-electron chi connectivity index (χ0n) is 16.5. The highest BCUT2D eigenvalue weighted by molar-refractivity contribution is 6.34. The summed E-state index contributed by atoms with van der Waals surface area (Å²) in [5.41, 5.74) is 1.69. The Morgan fingerprint density at radius 2 is 2.00 bits per heavy atom. The van der Waals surface area contributed by atoms with Gasteiger partial charge in [-0.25, -0.2) is 0 Å². The minimum Gasteiger partial charge on any atom is -0.395 e. The number of aliphatic hydroxyl groups is 1. The van der Waals surface area contributed by atoms with E-state index < -0.39 is 5.41 Å². The smallest absolute Gasteiger partial charge is 0.257 e. The maximum Gasteiger partial charge on any atom is 0.257 e. The monoisotopic (exact) mass is 414 g/mol. The summed E-state index contributed by atoms with van der Waals surface area (Å²) in [6.07, 6.45) is 1.70. The van der Waals surface area contributed by atoms with Crippen molar-refractivity contribution in [2.45, 2.75) is 20.4 Å². The normalized spacial score (nSPS) is 11.5. The highest BCUT2D eigenvalue weighted by atomic mass is 35.5. The third-order valence-corrected chi connectivity index (χ3v) is 5.11. The van der Waals surface area contributed by atoms with Crippen LogP contribution in [0.5, 0.6) is 0 Å². The van der Waals surface area contributed by atoms with Crippen molar-refractivity contribution >= 4 is 40.0 Å². The lowest BCUT2D eigenvalue weighted by molar-refractivity contribution is -0.131. The van der Waals surface area contributed by atoms with Gasteiger partial charge in [0.2, 0.25) is 5.91 Å². The molecule has 0 spiro atoms. The second-order valence-corrected chi connectivity index (χ2v) is 7.91. The maximum absolute atomic E-state index is 12.8. The number of nitrogens with zero attached hydrogens (tertiary/aromatic N) is 2. The van der Waals surface area contributed by atoms with Crippen molar-refractivity contribution in [3.05, 3.63) is 58.7 Å². The number of amides is 2. The summed E-state index contributed by atoms with van der Waals surface area (Å²) in [5, 5.41) is 20.3. The second-order valence-electron chi connectivity index (χ2n) is 7.50. The van der Waals surface area contributed by atoms with Crippen LogP contribution in [-0.2, 0) is 18.4 Å². The average Bonchev–Trinajstić information content (AvgIpc) is 3.09. The van der Waals surface area contributed by atoms with E-state index in [2.05, 4.69) is 15.7 Å². The Balaban J connectivity index is 1.78. The van der Waals surface area contributed by atoms with Crippen LogP contribution in [0.1, 0.15) is 29.8 Å². The molecule has 3 aromatic rings. The fraction of sp³-hybridized carbons (Fsp3) is 0.286. The van der Waals surface area contributed by atoms with Crippen LogP contribution in [0.15, 0.2) is 42.6 Å². The Kier molecular flexibility index (Phi) is 5.91.